The first-order valence-corrected chi connectivity index (χ1v) is 10.3. The molecule has 27 heavy (non-hydrogen) atoms. The third kappa shape index (κ3) is 2.95. The molecular formula is C18H18N4O3S2. The van der Waals surface area contributed by atoms with E-state index in [-0.39, 0.29) is 16.6 Å². The molecule has 7 nitrogen and oxygen atoms in total. The number of non-ortho nitro benzene ring substituents is 1. The summed E-state index contributed by atoms with van der Waals surface area (Å²) in [5, 5.41) is 16.3. The number of nitrogens with zero attached hydrogens (tertiary/aromatic N) is 3. The number of para-hydroxylation sites is 1. The smallest absolute Gasteiger partial charge is 0.269 e. The molecule has 2 heterocycles. The number of benzene rings is 2. The van der Waals surface area contributed by atoms with Crippen LogP contribution in [0.25, 0.3) is 0 Å². The number of fused-ring (bicyclic) bond motifs is 2. The molecule has 0 radical (unpaired) electrons. The highest BCUT2D eigenvalue weighted by atomic mass is 32.2. The fraction of sp³-hybridized carbons (Fsp3) is 0.278. The molecule has 0 bridgehead atoms. The van der Waals surface area contributed by atoms with Crippen molar-refractivity contribution >= 4 is 45.0 Å². The molecule has 9 heteroatoms. The predicted octanol–water partition coefficient (Wildman–Crippen LogP) is 4.08. The van der Waals surface area contributed by atoms with Crippen molar-refractivity contribution in [2.75, 3.05) is 30.3 Å². The van der Waals surface area contributed by atoms with Crippen LogP contribution in [-0.2, 0) is 9.58 Å². The Bertz CT molecular complexity index is 906. The van der Waals surface area contributed by atoms with Gasteiger partial charge < -0.3 is 5.32 Å². The van der Waals surface area contributed by atoms with E-state index >= 15 is 0 Å². The topological polar surface area (TPSA) is 80.0 Å². The molecule has 0 aromatic heterocycles. The van der Waals surface area contributed by atoms with Crippen molar-refractivity contribution in [3.63, 3.8) is 0 Å². The number of nitro benzene ring substituents is 1. The van der Waals surface area contributed by atoms with Gasteiger partial charge in [0, 0.05) is 23.4 Å². The van der Waals surface area contributed by atoms with Gasteiger partial charge in [-0.05, 0) is 24.5 Å². The van der Waals surface area contributed by atoms with Crippen LogP contribution in [0.15, 0.2) is 53.5 Å². The van der Waals surface area contributed by atoms with Crippen molar-refractivity contribution in [1.82, 2.24) is 0 Å². The van der Waals surface area contributed by atoms with Crippen molar-refractivity contribution in [2.24, 2.45) is 4.99 Å². The fourth-order valence-corrected chi connectivity index (χ4v) is 5.60. The molecule has 140 valence electrons. The van der Waals surface area contributed by atoms with E-state index in [0.717, 1.165) is 15.8 Å². The van der Waals surface area contributed by atoms with E-state index in [1.54, 1.807) is 42.8 Å². The summed E-state index contributed by atoms with van der Waals surface area (Å²) in [6, 6.07) is 14.6. The zero-order valence-corrected chi connectivity index (χ0v) is 16.4. The Morgan fingerprint density at radius 3 is 2.70 bits per heavy atom. The Balaban J connectivity index is 1.72. The Kier molecular flexibility index (Phi) is 4.75. The van der Waals surface area contributed by atoms with Crippen molar-refractivity contribution in [2.45, 2.75) is 10.9 Å². The van der Waals surface area contributed by atoms with E-state index in [4.69, 9.17) is 9.83 Å². The molecule has 0 aliphatic carbocycles. The number of nitro groups is 1. The number of aliphatic imine (C=N–C) groups is 1. The van der Waals surface area contributed by atoms with Crippen molar-refractivity contribution < 1.29 is 9.76 Å². The molecule has 0 fully saturated rings. The molecule has 2 aliphatic heterocycles. The standard InChI is InChI=1S/C18H18N4O3S2/c1-25-21-15-6-4-3-5-14(15)18(11-19-17(26-2)27-18)16(21)20-12-7-9-13(10-8-12)22(23)24/h3-10,16,20H,11H2,1-2H3/t16-,18-/m0/s1. The lowest BCUT2D eigenvalue weighted by atomic mass is 9.97. The van der Waals surface area contributed by atoms with Gasteiger partial charge in [-0.2, -0.15) is 0 Å². The Hall–Kier alpha value is -2.23. The van der Waals surface area contributed by atoms with Gasteiger partial charge in [-0.3, -0.25) is 19.9 Å². The summed E-state index contributed by atoms with van der Waals surface area (Å²) < 4.78 is 0.713. The van der Waals surface area contributed by atoms with Gasteiger partial charge in [0.05, 0.1) is 24.3 Å². The monoisotopic (exact) mass is 402 g/mol. The second kappa shape index (κ2) is 7.06. The lowest BCUT2D eigenvalue weighted by molar-refractivity contribution is -0.384. The van der Waals surface area contributed by atoms with Gasteiger partial charge in [-0.1, -0.05) is 30.0 Å². The van der Waals surface area contributed by atoms with Gasteiger partial charge in [0.25, 0.3) is 5.69 Å². The van der Waals surface area contributed by atoms with Crippen molar-refractivity contribution in [1.29, 1.82) is 0 Å². The predicted molar refractivity (Wildman–Crippen MR) is 112 cm³/mol. The van der Waals surface area contributed by atoms with Crippen LogP contribution in [0.4, 0.5) is 17.1 Å². The van der Waals surface area contributed by atoms with Gasteiger partial charge in [-0.25, -0.2) is 5.06 Å². The van der Waals surface area contributed by atoms with Crippen LogP contribution in [0.3, 0.4) is 0 Å². The van der Waals surface area contributed by atoms with E-state index in [2.05, 4.69) is 11.4 Å². The number of hydroxylamine groups is 1. The minimum Gasteiger partial charge on any atom is -0.362 e. The maximum Gasteiger partial charge on any atom is 0.269 e. The number of rotatable bonds is 4. The van der Waals surface area contributed by atoms with Gasteiger partial charge in [0.15, 0.2) is 0 Å². The maximum atomic E-state index is 10.9. The number of hydrogen-bond acceptors (Lipinski definition) is 8. The number of thioether (sulfide) groups is 2. The van der Waals surface area contributed by atoms with Crippen LogP contribution in [-0.4, -0.2) is 35.4 Å². The van der Waals surface area contributed by atoms with Gasteiger partial charge in [0.1, 0.15) is 15.3 Å². The van der Waals surface area contributed by atoms with Crippen molar-refractivity contribution in [3.05, 3.63) is 64.2 Å². The highest BCUT2D eigenvalue weighted by molar-refractivity contribution is 8.39. The number of anilines is 2. The molecule has 0 unspecified atom stereocenters. The lowest BCUT2D eigenvalue weighted by Crippen LogP contribution is -2.48. The lowest BCUT2D eigenvalue weighted by Gasteiger charge is -2.35. The van der Waals surface area contributed by atoms with Gasteiger partial charge in [-0.15, -0.1) is 11.8 Å². The summed E-state index contributed by atoms with van der Waals surface area (Å²) in [6.45, 7) is 0.634. The molecule has 4 rings (SSSR count). The molecule has 2 aromatic carbocycles. The minimum absolute atomic E-state index is 0.0665. The molecule has 0 saturated heterocycles. The molecule has 2 aromatic rings. The van der Waals surface area contributed by atoms with Gasteiger partial charge in [0.2, 0.25) is 0 Å². The largest absolute Gasteiger partial charge is 0.362 e. The first-order chi connectivity index (χ1) is 13.1. The van der Waals surface area contributed by atoms with E-state index in [0.29, 0.717) is 6.54 Å². The molecular weight excluding hydrogens is 384 g/mol. The van der Waals surface area contributed by atoms with Crippen LogP contribution in [0, 0.1) is 10.1 Å². The summed E-state index contributed by atoms with van der Waals surface area (Å²) in [6.07, 6.45) is 1.82. The maximum absolute atomic E-state index is 10.9. The SMILES string of the molecule is CON1c2ccccc2[C@@]2(CN=C(SC)S2)[C@H]1Nc1ccc([N+](=O)[O-])cc1. The van der Waals surface area contributed by atoms with Crippen molar-refractivity contribution in [3.8, 4) is 0 Å². The highest BCUT2D eigenvalue weighted by Gasteiger charge is 2.55. The zero-order valence-electron chi connectivity index (χ0n) is 14.8. The normalized spacial score (nSPS) is 23.4. The highest BCUT2D eigenvalue weighted by Crippen LogP contribution is 2.56. The third-order valence-electron chi connectivity index (χ3n) is 4.74. The van der Waals surface area contributed by atoms with E-state index in [1.165, 1.54) is 17.7 Å². The second-order valence-electron chi connectivity index (χ2n) is 6.15. The third-order valence-corrected chi connectivity index (χ3v) is 7.21. The molecule has 2 aliphatic rings. The Morgan fingerprint density at radius 2 is 2.07 bits per heavy atom. The summed E-state index contributed by atoms with van der Waals surface area (Å²) in [7, 11) is 1.65. The van der Waals surface area contributed by atoms with Crippen LogP contribution in [0.5, 0.6) is 0 Å². The Morgan fingerprint density at radius 1 is 1.33 bits per heavy atom. The molecule has 0 amide bonds. The van der Waals surface area contributed by atoms with Crippen LogP contribution in [0.2, 0.25) is 0 Å². The minimum atomic E-state index is -0.399. The molecule has 0 saturated carbocycles. The average molecular weight is 403 g/mol. The molecule has 1 spiro atoms. The van der Waals surface area contributed by atoms with E-state index < -0.39 is 4.92 Å². The fourth-order valence-electron chi connectivity index (χ4n) is 3.51. The summed E-state index contributed by atoms with van der Waals surface area (Å²) in [5.74, 6) is 0. The van der Waals surface area contributed by atoms with E-state index in [1.807, 2.05) is 29.5 Å². The summed E-state index contributed by atoms with van der Waals surface area (Å²) in [5.41, 5.74) is 3.03. The molecule has 2 atom stereocenters. The van der Waals surface area contributed by atoms with Gasteiger partial charge >= 0.3 is 0 Å². The Labute approximate surface area is 165 Å². The van der Waals surface area contributed by atoms with E-state index in [9.17, 15) is 10.1 Å². The average Bonchev–Trinajstić information content (AvgIpc) is 3.23. The zero-order chi connectivity index (χ0) is 19.0. The summed E-state index contributed by atoms with van der Waals surface area (Å²) >= 11 is 3.38. The van der Waals surface area contributed by atoms with Crippen LogP contribution in [0.1, 0.15) is 5.56 Å². The number of nitrogens with one attached hydrogen (secondary N) is 1. The summed E-state index contributed by atoms with van der Waals surface area (Å²) in [4.78, 5) is 21.0. The number of hydrogen-bond donors (Lipinski definition) is 1. The molecule has 1 N–H and O–H groups in total. The second-order valence-corrected chi connectivity index (χ2v) is 8.53. The van der Waals surface area contributed by atoms with Crippen LogP contribution < -0.4 is 10.4 Å². The first-order valence-electron chi connectivity index (χ1n) is 8.30. The quantitative estimate of drug-likeness (QED) is 0.610. The first kappa shape index (κ1) is 18.1. The van der Waals surface area contributed by atoms with Crippen LogP contribution >= 0.6 is 23.5 Å².